The molecule has 344 valence electrons. The normalized spacial score (nSPS) is 13.7. The first kappa shape index (κ1) is 54.8. The standard InChI is InChI=1S/C51H94N2O6/c1-3-5-7-9-11-13-15-17-19-21-23-25-27-29-33-37-49(54)57-47-44-53(42-39-51(56)59-46-43-52-40-35-31-32-36-41-52)45-48-58-50(55)38-34-30-28-26-24-22-20-18-16-14-12-10-8-6-4-2/h17-20H,3-16,21-48H2,1-2H3/b19-17-,20-18-. The molecule has 0 aromatic heterocycles. The average molecular weight is 831 g/mol. The quantitative estimate of drug-likeness (QED) is 0.0260. The van der Waals surface area contributed by atoms with Crippen LogP contribution in [0.4, 0.5) is 0 Å². The van der Waals surface area contributed by atoms with Gasteiger partial charge in [0.05, 0.1) is 6.42 Å². The Bertz CT molecular complexity index is 950. The van der Waals surface area contributed by atoms with Crippen molar-refractivity contribution in [3.8, 4) is 0 Å². The summed E-state index contributed by atoms with van der Waals surface area (Å²) in [6, 6.07) is 0. The Morgan fingerprint density at radius 1 is 0.424 bits per heavy atom. The second-order valence-corrected chi connectivity index (χ2v) is 17.2. The first-order valence-electron chi connectivity index (χ1n) is 25.3. The number of unbranched alkanes of at least 4 members (excludes halogenated alkanes) is 22. The van der Waals surface area contributed by atoms with Gasteiger partial charge in [-0.1, -0.05) is 154 Å². The number of allylic oxidation sites excluding steroid dienone is 4. The molecule has 0 saturated carbocycles. The highest BCUT2D eigenvalue weighted by atomic mass is 16.5. The minimum Gasteiger partial charge on any atom is -0.464 e. The van der Waals surface area contributed by atoms with Crippen molar-refractivity contribution in [1.29, 1.82) is 0 Å². The molecule has 1 rings (SSSR count). The number of esters is 3. The van der Waals surface area contributed by atoms with Gasteiger partial charge in [-0.15, -0.1) is 0 Å². The summed E-state index contributed by atoms with van der Waals surface area (Å²) in [5.41, 5.74) is 0. The number of nitrogens with zero attached hydrogens (tertiary/aromatic N) is 2. The molecule has 0 aliphatic carbocycles. The van der Waals surface area contributed by atoms with Crippen molar-refractivity contribution in [3.05, 3.63) is 24.3 Å². The second-order valence-electron chi connectivity index (χ2n) is 17.2. The van der Waals surface area contributed by atoms with Gasteiger partial charge in [0.1, 0.15) is 19.8 Å². The van der Waals surface area contributed by atoms with E-state index in [1.165, 1.54) is 141 Å². The third-order valence-corrected chi connectivity index (χ3v) is 11.6. The van der Waals surface area contributed by atoms with E-state index in [1.54, 1.807) is 0 Å². The molecule has 0 aromatic rings. The van der Waals surface area contributed by atoms with Crippen LogP contribution in [0.2, 0.25) is 0 Å². The molecular formula is C51H94N2O6. The SMILES string of the molecule is CCCCCCCC/C=C\CCCCCCCC(=O)OCCN(CCOC(=O)CCCCCCC/C=C\CCCCCCCC)CCC(=O)OCCN1CCCCCC1. The molecule has 1 heterocycles. The molecule has 0 spiro atoms. The van der Waals surface area contributed by atoms with Gasteiger partial charge in [0, 0.05) is 39.0 Å². The van der Waals surface area contributed by atoms with E-state index in [4.69, 9.17) is 14.2 Å². The van der Waals surface area contributed by atoms with Crippen LogP contribution in [-0.4, -0.2) is 86.8 Å². The van der Waals surface area contributed by atoms with Crippen LogP contribution in [0.5, 0.6) is 0 Å². The number of hydrogen-bond donors (Lipinski definition) is 0. The lowest BCUT2D eigenvalue weighted by Crippen LogP contribution is -2.34. The van der Waals surface area contributed by atoms with Crippen molar-refractivity contribution >= 4 is 17.9 Å². The van der Waals surface area contributed by atoms with Crippen molar-refractivity contribution < 1.29 is 28.6 Å². The van der Waals surface area contributed by atoms with Gasteiger partial charge < -0.3 is 14.2 Å². The van der Waals surface area contributed by atoms with E-state index < -0.39 is 0 Å². The average Bonchev–Trinajstić information content (AvgIpc) is 3.51. The van der Waals surface area contributed by atoms with Gasteiger partial charge in [-0.05, 0) is 90.1 Å². The molecule has 1 saturated heterocycles. The molecule has 8 nitrogen and oxygen atoms in total. The first-order chi connectivity index (χ1) is 29.0. The fourth-order valence-corrected chi connectivity index (χ4v) is 7.71. The van der Waals surface area contributed by atoms with Crippen LogP contribution in [0.15, 0.2) is 24.3 Å². The van der Waals surface area contributed by atoms with Crippen LogP contribution in [-0.2, 0) is 28.6 Å². The van der Waals surface area contributed by atoms with E-state index in [9.17, 15) is 14.4 Å². The third-order valence-electron chi connectivity index (χ3n) is 11.6. The number of hydrogen-bond acceptors (Lipinski definition) is 8. The Morgan fingerprint density at radius 3 is 1.20 bits per heavy atom. The first-order valence-corrected chi connectivity index (χ1v) is 25.3. The van der Waals surface area contributed by atoms with Crippen molar-refractivity contribution in [1.82, 2.24) is 9.80 Å². The predicted octanol–water partition coefficient (Wildman–Crippen LogP) is 13.3. The summed E-state index contributed by atoms with van der Waals surface area (Å²) in [7, 11) is 0. The van der Waals surface area contributed by atoms with Crippen LogP contribution < -0.4 is 0 Å². The molecule has 1 aliphatic rings. The fraction of sp³-hybridized carbons (Fsp3) is 0.863. The van der Waals surface area contributed by atoms with Crippen molar-refractivity contribution in [2.45, 2.75) is 226 Å². The van der Waals surface area contributed by atoms with E-state index in [0.29, 0.717) is 39.1 Å². The molecule has 0 unspecified atom stereocenters. The summed E-state index contributed by atoms with van der Waals surface area (Å²) in [6.45, 7) is 9.87. The zero-order chi connectivity index (χ0) is 42.5. The summed E-state index contributed by atoms with van der Waals surface area (Å²) in [4.78, 5) is 42.0. The molecular weight excluding hydrogens is 737 g/mol. The van der Waals surface area contributed by atoms with E-state index in [0.717, 1.165) is 71.0 Å². The largest absolute Gasteiger partial charge is 0.464 e. The third kappa shape index (κ3) is 39.7. The maximum atomic E-state index is 12.6. The Morgan fingerprint density at radius 2 is 0.780 bits per heavy atom. The minimum atomic E-state index is -0.216. The van der Waals surface area contributed by atoms with Crippen LogP contribution in [0.3, 0.4) is 0 Å². The molecule has 0 bridgehead atoms. The molecule has 1 fully saturated rings. The summed E-state index contributed by atoms with van der Waals surface area (Å²) in [5, 5.41) is 0. The zero-order valence-corrected chi connectivity index (χ0v) is 38.9. The molecule has 59 heavy (non-hydrogen) atoms. The van der Waals surface area contributed by atoms with Gasteiger partial charge in [-0.3, -0.25) is 24.2 Å². The number of rotatable bonds is 42. The Hall–Kier alpha value is -2.19. The van der Waals surface area contributed by atoms with Gasteiger partial charge >= 0.3 is 17.9 Å². The van der Waals surface area contributed by atoms with E-state index in [2.05, 4.69) is 43.1 Å². The van der Waals surface area contributed by atoms with Crippen LogP contribution in [0.25, 0.3) is 0 Å². The van der Waals surface area contributed by atoms with Crippen LogP contribution in [0, 0.1) is 0 Å². The Balaban J connectivity index is 2.24. The minimum absolute atomic E-state index is 0.165. The predicted molar refractivity (Wildman–Crippen MR) is 248 cm³/mol. The maximum absolute atomic E-state index is 12.6. The lowest BCUT2D eigenvalue weighted by molar-refractivity contribution is -0.147. The highest BCUT2D eigenvalue weighted by Crippen LogP contribution is 2.13. The maximum Gasteiger partial charge on any atom is 0.307 e. The Kier molecular flexibility index (Phi) is 40.8. The Labute approximate surface area is 364 Å². The summed E-state index contributed by atoms with van der Waals surface area (Å²) < 4.78 is 16.7. The van der Waals surface area contributed by atoms with Gasteiger partial charge in [-0.25, -0.2) is 0 Å². The summed E-state index contributed by atoms with van der Waals surface area (Å²) in [5.74, 6) is -0.545. The zero-order valence-electron chi connectivity index (χ0n) is 38.9. The van der Waals surface area contributed by atoms with Crippen LogP contribution >= 0.6 is 0 Å². The van der Waals surface area contributed by atoms with Crippen molar-refractivity contribution in [3.63, 3.8) is 0 Å². The summed E-state index contributed by atoms with van der Waals surface area (Å²) in [6.07, 6.45) is 47.4. The van der Waals surface area contributed by atoms with E-state index >= 15 is 0 Å². The highest BCUT2D eigenvalue weighted by molar-refractivity contribution is 5.70. The topological polar surface area (TPSA) is 85.4 Å². The molecule has 0 amide bonds. The molecule has 0 atom stereocenters. The van der Waals surface area contributed by atoms with E-state index in [-0.39, 0.29) is 37.5 Å². The lowest BCUT2D eigenvalue weighted by Gasteiger charge is -2.22. The van der Waals surface area contributed by atoms with Gasteiger partial charge in [0.15, 0.2) is 0 Å². The van der Waals surface area contributed by atoms with Gasteiger partial charge in [0.25, 0.3) is 0 Å². The number of ether oxygens (including phenoxy) is 3. The fourth-order valence-electron chi connectivity index (χ4n) is 7.71. The number of carbonyl (C=O) groups excluding carboxylic acids is 3. The molecule has 0 radical (unpaired) electrons. The van der Waals surface area contributed by atoms with Crippen molar-refractivity contribution in [2.75, 3.05) is 59.1 Å². The van der Waals surface area contributed by atoms with E-state index in [1.807, 2.05) is 4.90 Å². The van der Waals surface area contributed by atoms with Crippen LogP contribution in [0.1, 0.15) is 226 Å². The molecule has 8 heteroatoms. The molecule has 0 N–H and O–H groups in total. The molecule has 1 aliphatic heterocycles. The van der Waals surface area contributed by atoms with Crippen molar-refractivity contribution in [2.24, 2.45) is 0 Å². The van der Waals surface area contributed by atoms with Gasteiger partial charge in [0.2, 0.25) is 0 Å². The monoisotopic (exact) mass is 831 g/mol. The summed E-state index contributed by atoms with van der Waals surface area (Å²) >= 11 is 0. The highest BCUT2D eigenvalue weighted by Gasteiger charge is 2.14. The number of likely N-dealkylation sites (tertiary alicyclic amines) is 1. The second kappa shape index (κ2) is 43.9. The number of carbonyl (C=O) groups is 3. The van der Waals surface area contributed by atoms with Gasteiger partial charge in [-0.2, -0.15) is 0 Å². The lowest BCUT2D eigenvalue weighted by atomic mass is 10.1. The molecule has 0 aromatic carbocycles. The smallest absolute Gasteiger partial charge is 0.307 e.